The van der Waals surface area contributed by atoms with Gasteiger partial charge in [-0.2, -0.15) is 18.3 Å². The van der Waals surface area contributed by atoms with Crippen molar-refractivity contribution in [2.75, 3.05) is 19.0 Å². The molecule has 0 radical (unpaired) electrons. The molecule has 0 spiro atoms. The van der Waals surface area contributed by atoms with Crippen molar-refractivity contribution in [3.63, 3.8) is 0 Å². The topological polar surface area (TPSA) is 84.8 Å². The van der Waals surface area contributed by atoms with Crippen molar-refractivity contribution in [1.29, 1.82) is 0 Å². The highest BCUT2D eigenvalue weighted by Gasteiger charge is 2.30. The number of halogens is 4. The normalized spacial score (nSPS) is 11.7. The minimum Gasteiger partial charge on any atom is -0.497 e. The maximum atomic E-state index is 12.8. The van der Waals surface area contributed by atoms with Crippen LogP contribution in [-0.2, 0) is 19.1 Å². The van der Waals surface area contributed by atoms with Crippen LogP contribution >= 0.6 is 11.6 Å². The minimum atomic E-state index is -4.45. The number of nitrogens with one attached hydrogen (secondary N) is 2. The minimum absolute atomic E-state index is 0.0309. The molecule has 4 aromatic rings. The lowest BCUT2D eigenvalue weighted by Gasteiger charge is -2.10. The Kier molecular flexibility index (Phi) is 6.28. The van der Waals surface area contributed by atoms with Crippen molar-refractivity contribution in [3.8, 4) is 5.75 Å². The van der Waals surface area contributed by atoms with E-state index in [0.29, 0.717) is 30.6 Å². The summed E-state index contributed by atoms with van der Waals surface area (Å²) in [6.45, 7) is 0.758. The Hall–Kier alpha value is -3.53. The van der Waals surface area contributed by atoms with Crippen LogP contribution in [0, 0.1) is 0 Å². The third-order valence-electron chi connectivity index (χ3n) is 4.99. The Labute approximate surface area is 191 Å². The zero-order valence-electron chi connectivity index (χ0n) is 17.4. The maximum absolute atomic E-state index is 12.8. The molecule has 0 unspecified atom stereocenters. The first-order chi connectivity index (χ1) is 15.7. The second-order valence-corrected chi connectivity index (χ2v) is 7.71. The van der Waals surface area contributed by atoms with E-state index in [0.717, 1.165) is 23.4 Å². The summed E-state index contributed by atoms with van der Waals surface area (Å²) >= 11 is 5.99. The van der Waals surface area contributed by atoms with Gasteiger partial charge in [0.05, 0.1) is 25.4 Å². The second kappa shape index (κ2) is 9.14. The molecule has 0 saturated heterocycles. The number of hydrogen-bond donors (Lipinski definition) is 2. The molecular weight excluding hydrogens is 459 g/mol. The highest BCUT2D eigenvalue weighted by Crippen LogP contribution is 2.32. The number of methoxy groups -OCH3 is 1. The predicted molar refractivity (Wildman–Crippen MR) is 119 cm³/mol. The van der Waals surface area contributed by atoms with E-state index >= 15 is 0 Å². The molecule has 2 heterocycles. The summed E-state index contributed by atoms with van der Waals surface area (Å²) in [4.78, 5) is 19.4. The SMILES string of the molecule is COc1ccc(Cn2cc3nc(NCCc4ccc(C(F)(F)F)cc4Cl)[nH]c(=O)c3n2)cc1. The molecule has 172 valence electrons. The van der Waals surface area contributed by atoms with Crippen LogP contribution < -0.4 is 15.6 Å². The second-order valence-electron chi connectivity index (χ2n) is 7.30. The molecule has 4 rings (SSSR count). The van der Waals surface area contributed by atoms with Gasteiger partial charge in [-0.05, 0) is 41.8 Å². The highest BCUT2D eigenvalue weighted by molar-refractivity contribution is 6.31. The lowest BCUT2D eigenvalue weighted by atomic mass is 10.1. The molecule has 11 heteroatoms. The highest BCUT2D eigenvalue weighted by atomic mass is 35.5. The van der Waals surface area contributed by atoms with Gasteiger partial charge < -0.3 is 10.1 Å². The van der Waals surface area contributed by atoms with E-state index in [2.05, 4.69) is 20.4 Å². The van der Waals surface area contributed by atoms with Gasteiger partial charge in [0.25, 0.3) is 5.56 Å². The average molecular weight is 478 g/mol. The van der Waals surface area contributed by atoms with E-state index in [9.17, 15) is 18.0 Å². The molecule has 0 amide bonds. The largest absolute Gasteiger partial charge is 0.497 e. The number of alkyl halides is 3. The summed E-state index contributed by atoms with van der Waals surface area (Å²) in [5, 5.41) is 7.30. The van der Waals surface area contributed by atoms with Crippen LogP contribution in [0.4, 0.5) is 19.1 Å². The van der Waals surface area contributed by atoms with Crippen molar-refractivity contribution >= 4 is 28.6 Å². The third kappa shape index (κ3) is 5.28. The van der Waals surface area contributed by atoms with Gasteiger partial charge in [-0.15, -0.1) is 0 Å². The molecule has 0 aliphatic carbocycles. The van der Waals surface area contributed by atoms with Crippen LogP contribution in [0.1, 0.15) is 16.7 Å². The Bertz CT molecular complexity index is 1330. The fourth-order valence-electron chi connectivity index (χ4n) is 3.29. The summed E-state index contributed by atoms with van der Waals surface area (Å²) in [5.74, 6) is 0.982. The summed E-state index contributed by atoms with van der Waals surface area (Å²) in [6, 6.07) is 10.7. The van der Waals surface area contributed by atoms with Crippen molar-refractivity contribution in [3.05, 3.63) is 80.7 Å². The number of aromatic nitrogens is 4. The molecule has 0 fully saturated rings. The molecule has 0 aliphatic rings. The van der Waals surface area contributed by atoms with Crippen molar-refractivity contribution in [1.82, 2.24) is 19.7 Å². The predicted octanol–water partition coefficient (Wildman–Crippen LogP) is 4.50. The number of hydrogen-bond acceptors (Lipinski definition) is 5. The molecule has 0 atom stereocenters. The quantitative estimate of drug-likeness (QED) is 0.409. The Morgan fingerprint density at radius 2 is 1.94 bits per heavy atom. The van der Waals surface area contributed by atoms with Crippen molar-refractivity contribution < 1.29 is 17.9 Å². The van der Waals surface area contributed by atoms with Crippen LogP contribution in [0.3, 0.4) is 0 Å². The maximum Gasteiger partial charge on any atom is 0.416 e. The summed E-state index contributed by atoms with van der Waals surface area (Å²) in [7, 11) is 1.59. The van der Waals surface area contributed by atoms with Gasteiger partial charge in [0.1, 0.15) is 11.3 Å². The number of nitrogens with zero attached hydrogens (tertiary/aromatic N) is 3. The fourth-order valence-corrected chi connectivity index (χ4v) is 3.57. The molecular formula is C22H19ClF3N5O2. The van der Waals surface area contributed by atoms with Crippen LogP contribution in [0.15, 0.2) is 53.5 Å². The van der Waals surface area contributed by atoms with E-state index in [1.807, 2.05) is 24.3 Å². The van der Waals surface area contributed by atoms with Crippen LogP contribution in [0.5, 0.6) is 5.75 Å². The van der Waals surface area contributed by atoms with E-state index in [4.69, 9.17) is 16.3 Å². The third-order valence-corrected chi connectivity index (χ3v) is 5.34. The van der Waals surface area contributed by atoms with Crippen LogP contribution in [0.25, 0.3) is 11.0 Å². The van der Waals surface area contributed by atoms with Gasteiger partial charge in [-0.25, -0.2) is 4.98 Å². The Morgan fingerprint density at radius 1 is 1.18 bits per heavy atom. The van der Waals surface area contributed by atoms with Gasteiger partial charge in [0, 0.05) is 11.6 Å². The summed E-state index contributed by atoms with van der Waals surface area (Å²) < 4.78 is 45.1. The molecule has 2 aromatic carbocycles. The van der Waals surface area contributed by atoms with Gasteiger partial charge in [0.2, 0.25) is 5.95 Å². The Morgan fingerprint density at radius 3 is 2.61 bits per heavy atom. The summed E-state index contributed by atoms with van der Waals surface area (Å²) in [5.41, 5.74) is 0.956. The zero-order chi connectivity index (χ0) is 23.6. The lowest BCUT2D eigenvalue weighted by molar-refractivity contribution is -0.137. The number of fused-ring (bicyclic) bond motifs is 1. The fraction of sp³-hybridized carbons (Fsp3) is 0.227. The molecule has 0 bridgehead atoms. The van der Waals surface area contributed by atoms with Crippen molar-refractivity contribution in [2.24, 2.45) is 0 Å². The van der Waals surface area contributed by atoms with Gasteiger partial charge >= 0.3 is 6.18 Å². The number of rotatable bonds is 7. The molecule has 33 heavy (non-hydrogen) atoms. The molecule has 0 saturated carbocycles. The average Bonchev–Trinajstić information content (AvgIpc) is 3.17. The van der Waals surface area contributed by atoms with E-state index in [-0.39, 0.29) is 16.5 Å². The number of H-pyrrole nitrogens is 1. The van der Waals surface area contributed by atoms with Gasteiger partial charge in [-0.3, -0.25) is 14.5 Å². The van der Waals surface area contributed by atoms with E-state index < -0.39 is 17.3 Å². The Balaban J connectivity index is 1.44. The zero-order valence-corrected chi connectivity index (χ0v) is 18.2. The van der Waals surface area contributed by atoms with E-state index in [1.165, 1.54) is 6.07 Å². The molecule has 7 nitrogen and oxygen atoms in total. The van der Waals surface area contributed by atoms with Crippen LogP contribution in [-0.4, -0.2) is 33.4 Å². The number of ether oxygens (including phenoxy) is 1. The first kappa shape index (κ1) is 22.7. The summed E-state index contributed by atoms with van der Waals surface area (Å²) in [6.07, 6.45) is -2.43. The first-order valence-corrected chi connectivity index (χ1v) is 10.3. The number of benzene rings is 2. The molecule has 2 N–H and O–H groups in total. The lowest BCUT2D eigenvalue weighted by Crippen LogP contribution is -2.15. The van der Waals surface area contributed by atoms with E-state index in [1.54, 1.807) is 18.0 Å². The number of anilines is 1. The number of aromatic amines is 1. The molecule has 2 aromatic heterocycles. The van der Waals surface area contributed by atoms with Gasteiger partial charge in [-0.1, -0.05) is 29.8 Å². The van der Waals surface area contributed by atoms with Crippen molar-refractivity contribution in [2.45, 2.75) is 19.1 Å². The standard InChI is InChI=1S/C22H19ClF3N5O2/c1-33-16-6-2-13(3-7-16)11-31-12-18-19(30-31)20(32)29-21(28-18)27-9-8-14-4-5-15(10-17(14)23)22(24,25)26/h2-7,10,12H,8-9,11H2,1H3,(H2,27,28,29,32). The molecule has 0 aliphatic heterocycles. The van der Waals surface area contributed by atoms with Gasteiger partial charge in [0.15, 0.2) is 5.52 Å². The monoisotopic (exact) mass is 477 g/mol. The smallest absolute Gasteiger partial charge is 0.416 e. The first-order valence-electron chi connectivity index (χ1n) is 9.93. The van der Waals surface area contributed by atoms with Crippen LogP contribution in [0.2, 0.25) is 5.02 Å².